The molecule has 126 valence electrons. The van der Waals surface area contributed by atoms with Crippen molar-refractivity contribution in [2.75, 3.05) is 34.3 Å². The lowest BCUT2D eigenvalue weighted by Crippen LogP contribution is -2.36. The van der Waals surface area contributed by atoms with Gasteiger partial charge in [-0.1, -0.05) is 11.3 Å². The molecule has 1 saturated heterocycles. The second-order valence-corrected chi connectivity index (χ2v) is 7.35. The van der Waals surface area contributed by atoms with E-state index in [1.807, 2.05) is 6.92 Å². The molecule has 0 spiro atoms. The predicted molar refractivity (Wildman–Crippen MR) is 90.0 cm³/mol. The fourth-order valence-electron chi connectivity index (χ4n) is 3.09. The Balaban J connectivity index is 1.67. The van der Waals surface area contributed by atoms with Gasteiger partial charge in [0.2, 0.25) is 4.96 Å². The van der Waals surface area contributed by atoms with Crippen LogP contribution in [0.3, 0.4) is 0 Å². The van der Waals surface area contributed by atoms with Crippen LogP contribution in [0.15, 0.2) is 10.9 Å². The first kappa shape index (κ1) is 16.5. The predicted octanol–water partition coefficient (Wildman–Crippen LogP) is 0.610. The minimum atomic E-state index is -0.115. The molecule has 0 N–H and O–H groups in total. The van der Waals surface area contributed by atoms with Crippen molar-refractivity contribution < 1.29 is 4.74 Å². The molecule has 0 saturated carbocycles. The zero-order chi connectivity index (χ0) is 16.6. The number of aromatic nitrogens is 3. The zero-order valence-corrected chi connectivity index (χ0v) is 14.8. The summed E-state index contributed by atoms with van der Waals surface area (Å²) in [5.41, 5.74) is 0.618. The third-order valence-electron chi connectivity index (χ3n) is 4.33. The number of likely N-dealkylation sites (N-methyl/N-ethyl adjacent to an activating group) is 2. The van der Waals surface area contributed by atoms with E-state index in [9.17, 15) is 4.79 Å². The van der Waals surface area contributed by atoms with E-state index in [-0.39, 0.29) is 5.56 Å². The smallest absolute Gasteiger partial charge is 0.275 e. The van der Waals surface area contributed by atoms with Gasteiger partial charge < -0.3 is 4.74 Å². The zero-order valence-electron chi connectivity index (χ0n) is 14.0. The van der Waals surface area contributed by atoms with Crippen LogP contribution in [0.5, 0.6) is 0 Å². The molecule has 2 aromatic rings. The van der Waals surface area contributed by atoms with Crippen molar-refractivity contribution in [3.63, 3.8) is 0 Å². The number of nitrogens with zero attached hydrogens (tertiary/aromatic N) is 5. The summed E-state index contributed by atoms with van der Waals surface area (Å²) in [6.45, 7) is 4.48. The number of fused-ring (bicyclic) bond motifs is 1. The molecule has 0 unspecified atom stereocenters. The van der Waals surface area contributed by atoms with Crippen molar-refractivity contribution in [2.45, 2.75) is 32.0 Å². The van der Waals surface area contributed by atoms with Gasteiger partial charge >= 0.3 is 0 Å². The van der Waals surface area contributed by atoms with Gasteiger partial charge in [0.15, 0.2) is 0 Å². The van der Waals surface area contributed by atoms with Gasteiger partial charge in [0.05, 0.1) is 12.6 Å². The highest BCUT2D eigenvalue weighted by Crippen LogP contribution is 2.20. The topological polar surface area (TPSA) is 63.0 Å². The van der Waals surface area contributed by atoms with E-state index < -0.39 is 0 Å². The molecule has 3 rings (SSSR count). The minimum Gasteiger partial charge on any atom is -0.380 e. The Kier molecular flexibility index (Phi) is 4.77. The van der Waals surface area contributed by atoms with Crippen LogP contribution in [0.1, 0.15) is 17.1 Å². The number of hydrogen-bond donors (Lipinski definition) is 0. The fraction of sp³-hybridized carbons (Fsp3) is 0.667. The number of likely N-dealkylation sites (tertiary alicyclic amines) is 1. The Bertz CT molecular complexity index is 743. The molecule has 1 aliphatic rings. The van der Waals surface area contributed by atoms with Crippen molar-refractivity contribution in [3.05, 3.63) is 27.1 Å². The third kappa shape index (κ3) is 3.60. The molecular weight excluding hydrogens is 314 g/mol. The summed E-state index contributed by atoms with van der Waals surface area (Å²) in [5.74, 6) is 0. The first-order valence-corrected chi connectivity index (χ1v) is 8.56. The van der Waals surface area contributed by atoms with E-state index >= 15 is 0 Å². The normalized spacial score (nSPS) is 22.5. The lowest BCUT2D eigenvalue weighted by molar-refractivity contribution is 0.111. The van der Waals surface area contributed by atoms with E-state index in [0.717, 1.165) is 30.2 Å². The molecule has 2 atom stereocenters. The average molecular weight is 337 g/mol. The van der Waals surface area contributed by atoms with Gasteiger partial charge in [-0.2, -0.15) is 9.61 Å². The van der Waals surface area contributed by atoms with E-state index in [1.54, 1.807) is 7.11 Å². The number of hydrogen-bond acceptors (Lipinski definition) is 7. The number of aryl methyl sites for hydroxylation is 1. The second-order valence-electron chi connectivity index (χ2n) is 6.31. The van der Waals surface area contributed by atoms with Crippen molar-refractivity contribution in [1.29, 1.82) is 0 Å². The van der Waals surface area contributed by atoms with Crippen LogP contribution in [0, 0.1) is 6.92 Å². The van der Waals surface area contributed by atoms with Crippen LogP contribution in [0.25, 0.3) is 4.96 Å². The molecule has 3 heterocycles. The largest absolute Gasteiger partial charge is 0.380 e. The Morgan fingerprint density at radius 3 is 3.00 bits per heavy atom. The molecule has 0 bridgehead atoms. The average Bonchev–Trinajstić information content (AvgIpc) is 3.02. The Hall–Kier alpha value is -1.35. The summed E-state index contributed by atoms with van der Waals surface area (Å²) in [6.07, 6.45) is 1.38. The van der Waals surface area contributed by atoms with Crippen LogP contribution in [0.2, 0.25) is 0 Å². The summed E-state index contributed by atoms with van der Waals surface area (Å²) < 4.78 is 6.85. The molecule has 7 nitrogen and oxygen atoms in total. The maximum atomic E-state index is 11.9. The quantitative estimate of drug-likeness (QED) is 0.797. The van der Waals surface area contributed by atoms with Gasteiger partial charge in [0.1, 0.15) is 5.01 Å². The summed E-state index contributed by atoms with van der Waals surface area (Å²) in [5, 5.41) is 5.31. The number of rotatable bonds is 5. The van der Waals surface area contributed by atoms with Crippen LogP contribution < -0.4 is 5.56 Å². The highest BCUT2D eigenvalue weighted by Gasteiger charge is 2.30. The number of methoxy groups -OCH3 is 1. The molecule has 2 aromatic heterocycles. The van der Waals surface area contributed by atoms with Gasteiger partial charge in [0.25, 0.3) is 5.56 Å². The molecule has 23 heavy (non-hydrogen) atoms. The van der Waals surface area contributed by atoms with Gasteiger partial charge in [-0.3, -0.25) is 14.6 Å². The Morgan fingerprint density at radius 2 is 2.30 bits per heavy atom. The van der Waals surface area contributed by atoms with Gasteiger partial charge in [-0.05, 0) is 27.4 Å². The van der Waals surface area contributed by atoms with Crippen LogP contribution in [-0.4, -0.2) is 70.8 Å². The molecular formula is C15H23N5O2S. The molecule has 1 aliphatic heterocycles. The van der Waals surface area contributed by atoms with E-state index in [4.69, 9.17) is 4.74 Å². The molecule has 0 aromatic carbocycles. The lowest BCUT2D eigenvalue weighted by Gasteiger charge is -2.24. The van der Waals surface area contributed by atoms with Gasteiger partial charge in [-0.25, -0.2) is 4.98 Å². The van der Waals surface area contributed by atoms with E-state index in [2.05, 4.69) is 34.0 Å². The van der Waals surface area contributed by atoms with Crippen molar-refractivity contribution in [1.82, 2.24) is 24.4 Å². The highest BCUT2D eigenvalue weighted by molar-refractivity contribution is 7.16. The van der Waals surface area contributed by atoms with Gasteiger partial charge in [0, 0.05) is 38.0 Å². The molecule has 0 amide bonds. The number of ether oxygens (including phenoxy) is 1. The van der Waals surface area contributed by atoms with E-state index in [1.165, 1.54) is 21.9 Å². The van der Waals surface area contributed by atoms with Crippen LogP contribution >= 0.6 is 11.3 Å². The molecule has 8 heteroatoms. The van der Waals surface area contributed by atoms with E-state index in [0.29, 0.717) is 23.7 Å². The van der Waals surface area contributed by atoms with Crippen LogP contribution in [0.4, 0.5) is 0 Å². The molecule has 1 fully saturated rings. The Labute approximate surface area is 139 Å². The summed E-state index contributed by atoms with van der Waals surface area (Å²) >= 11 is 1.48. The van der Waals surface area contributed by atoms with Crippen molar-refractivity contribution in [2.24, 2.45) is 0 Å². The summed E-state index contributed by atoms with van der Waals surface area (Å²) in [4.78, 5) is 21.6. The SMILES string of the molecule is CO[C@H]1C[C@@H](CN(C)Cc2nn3c(=O)cc(C)nc3s2)N(C)C1. The fourth-order valence-corrected chi connectivity index (χ4v) is 4.12. The second kappa shape index (κ2) is 6.64. The molecule has 0 aliphatic carbocycles. The van der Waals surface area contributed by atoms with Crippen molar-refractivity contribution in [3.8, 4) is 0 Å². The Morgan fingerprint density at radius 1 is 1.52 bits per heavy atom. The van der Waals surface area contributed by atoms with Crippen molar-refractivity contribution >= 4 is 16.3 Å². The maximum absolute atomic E-state index is 11.9. The monoisotopic (exact) mass is 337 g/mol. The first-order valence-electron chi connectivity index (χ1n) is 7.74. The van der Waals surface area contributed by atoms with Gasteiger partial charge in [-0.15, -0.1) is 0 Å². The van der Waals surface area contributed by atoms with Crippen LogP contribution in [-0.2, 0) is 11.3 Å². The lowest BCUT2D eigenvalue weighted by atomic mass is 10.2. The summed E-state index contributed by atoms with van der Waals surface area (Å²) in [6, 6.07) is 2.00. The minimum absolute atomic E-state index is 0.115. The third-order valence-corrected chi connectivity index (χ3v) is 5.22. The summed E-state index contributed by atoms with van der Waals surface area (Å²) in [7, 11) is 6.00. The maximum Gasteiger partial charge on any atom is 0.275 e. The molecule has 0 radical (unpaired) electrons. The highest BCUT2D eigenvalue weighted by atomic mass is 32.1. The standard InChI is InChI=1S/C15H23N5O2S/c1-10-5-14(21)20-15(16-10)23-13(17-20)9-18(2)7-11-6-12(22-4)8-19(11)3/h5,11-12H,6-9H2,1-4H3/t11-,12-/m0/s1. The first-order chi connectivity index (χ1) is 11.0.